The van der Waals surface area contributed by atoms with Gasteiger partial charge in [0.1, 0.15) is 0 Å². The molecule has 1 fully saturated rings. The Morgan fingerprint density at radius 1 is 1.17 bits per heavy atom. The number of hydrogen-bond acceptors (Lipinski definition) is 3. The van der Waals surface area contributed by atoms with Crippen molar-refractivity contribution in [2.45, 2.75) is 53.4 Å². The van der Waals surface area contributed by atoms with Gasteiger partial charge in [-0.25, -0.2) is 0 Å². The van der Waals surface area contributed by atoms with E-state index in [1.807, 2.05) is 37.3 Å². The molecule has 1 aliphatic carbocycles. The van der Waals surface area contributed by atoms with Crippen LogP contribution >= 0.6 is 0 Å². The molecule has 3 nitrogen and oxygen atoms in total. The van der Waals surface area contributed by atoms with Crippen LogP contribution in [0.4, 0.5) is 0 Å². The van der Waals surface area contributed by atoms with Crippen molar-refractivity contribution in [3.8, 4) is 0 Å². The van der Waals surface area contributed by atoms with Crippen molar-refractivity contribution in [2.24, 2.45) is 16.7 Å². The molecule has 0 heterocycles. The zero-order chi connectivity index (χ0) is 17.1. The summed E-state index contributed by atoms with van der Waals surface area (Å²) in [5.74, 6) is 0.264. The quantitative estimate of drug-likeness (QED) is 0.739. The molecule has 0 N–H and O–H groups in total. The molecular formula is C20H28O3. The van der Waals surface area contributed by atoms with Gasteiger partial charge in [-0.1, -0.05) is 58.0 Å². The fourth-order valence-corrected chi connectivity index (χ4v) is 3.50. The summed E-state index contributed by atoms with van der Waals surface area (Å²) in [6.45, 7) is 8.43. The summed E-state index contributed by atoms with van der Waals surface area (Å²) in [5, 5.41) is 0. The molecule has 0 aliphatic heterocycles. The first-order valence-electron chi connectivity index (χ1n) is 8.50. The molecule has 2 rings (SSSR count). The molecule has 1 aromatic rings. The minimum Gasteiger partial charge on any atom is -0.458 e. The van der Waals surface area contributed by atoms with Crippen LogP contribution in [-0.4, -0.2) is 18.4 Å². The molecule has 1 aromatic carbocycles. The Bertz CT molecular complexity index is 562. The normalized spacial score (nSPS) is 26.0. The Morgan fingerprint density at radius 3 is 2.39 bits per heavy atom. The van der Waals surface area contributed by atoms with Crippen LogP contribution in [0, 0.1) is 16.7 Å². The average Bonchev–Trinajstić information content (AvgIpc) is 2.75. The summed E-state index contributed by atoms with van der Waals surface area (Å²) in [6, 6.07) is 9.83. The van der Waals surface area contributed by atoms with Gasteiger partial charge in [0.15, 0.2) is 12.4 Å². The number of esters is 1. The van der Waals surface area contributed by atoms with Crippen molar-refractivity contribution in [1.82, 2.24) is 0 Å². The Morgan fingerprint density at radius 2 is 1.83 bits per heavy atom. The number of ketones is 1. The Hall–Kier alpha value is -1.64. The van der Waals surface area contributed by atoms with E-state index in [4.69, 9.17) is 4.74 Å². The lowest BCUT2D eigenvalue weighted by Crippen LogP contribution is -2.42. The van der Waals surface area contributed by atoms with Crippen LogP contribution < -0.4 is 0 Å². The molecule has 0 radical (unpaired) electrons. The highest BCUT2D eigenvalue weighted by atomic mass is 16.5. The minimum absolute atomic E-state index is 0.0550. The van der Waals surface area contributed by atoms with Gasteiger partial charge >= 0.3 is 5.97 Å². The number of carbonyl (C=O) groups is 2. The van der Waals surface area contributed by atoms with E-state index in [1.165, 1.54) is 0 Å². The maximum Gasteiger partial charge on any atom is 0.306 e. The predicted octanol–water partition coefficient (Wildman–Crippen LogP) is 4.19. The second-order valence-corrected chi connectivity index (χ2v) is 7.56. The van der Waals surface area contributed by atoms with Crippen LogP contribution in [0.3, 0.4) is 0 Å². The lowest BCUT2D eigenvalue weighted by molar-refractivity contribution is -0.152. The minimum atomic E-state index is -0.397. The van der Waals surface area contributed by atoms with E-state index >= 15 is 0 Å². The number of benzene rings is 1. The van der Waals surface area contributed by atoms with Crippen LogP contribution in [0.2, 0.25) is 0 Å². The van der Waals surface area contributed by atoms with Crippen molar-refractivity contribution >= 4 is 11.8 Å². The SMILES string of the molecule is C[C@@H]1CC[C@](C)(C(=O)COC(=O)CCc2ccccc2)C1(C)C. The Kier molecular flexibility index (Phi) is 5.28. The van der Waals surface area contributed by atoms with Gasteiger partial charge in [-0.3, -0.25) is 9.59 Å². The van der Waals surface area contributed by atoms with Crippen molar-refractivity contribution in [2.75, 3.05) is 6.61 Å². The van der Waals surface area contributed by atoms with Crippen LogP contribution in [0.5, 0.6) is 0 Å². The largest absolute Gasteiger partial charge is 0.458 e. The molecule has 23 heavy (non-hydrogen) atoms. The number of aryl methyl sites for hydroxylation is 1. The summed E-state index contributed by atoms with van der Waals surface area (Å²) in [6.07, 6.45) is 2.89. The number of Topliss-reactive ketones (excluding diaryl/α,β-unsaturated/α-hetero) is 1. The van der Waals surface area contributed by atoms with Gasteiger partial charge in [-0.15, -0.1) is 0 Å². The molecule has 0 spiro atoms. The Labute approximate surface area is 139 Å². The number of carbonyl (C=O) groups excluding carboxylic acids is 2. The topological polar surface area (TPSA) is 43.4 Å². The molecule has 0 amide bonds. The summed E-state index contributed by atoms with van der Waals surface area (Å²) >= 11 is 0. The van der Waals surface area contributed by atoms with Gasteiger partial charge in [0, 0.05) is 11.8 Å². The van der Waals surface area contributed by atoms with Crippen LogP contribution in [0.25, 0.3) is 0 Å². The van der Waals surface area contributed by atoms with Gasteiger partial charge in [-0.2, -0.15) is 0 Å². The highest BCUT2D eigenvalue weighted by Gasteiger charge is 2.53. The maximum absolute atomic E-state index is 12.6. The third-order valence-electron chi connectivity index (χ3n) is 6.17. The monoisotopic (exact) mass is 316 g/mol. The highest BCUT2D eigenvalue weighted by molar-refractivity contribution is 5.88. The first-order valence-corrected chi connectivity index (χ1v) is 8.50. The lowest BCUT2D eigenvalue weighted by Gasteiger charge is -2.39. The molecule has 1 saturated carbocycles. The third kappa shape index (κ3) is 3.65. The maximum atomic E-state index is 12.6. The van der Waals surface area contributed by atoms with Crippen molar-refractivity contribution in [3.63, 3.8) is 0 Å². The van der Waals surface area contributed by atoms with E-state index < -0.39 is 5.41 Å². The molecule has 126 valence electrons. The standard InChI is InChI=1S/C20H28O3/c1-15-12-13-20(4,19(15,2)3)17(21)14-23-18(22)11-10-16-8-6-5-7-9-16/h5-9,15H,10-14H2,1-4H3/t15-,20-/m1/s1. The number of rotatable bonds is 6. The number of ether oxygens (including phenoxy) is 1. The van der Waals surface area contributed by atoms with Crippen molar-refractivity contribution in [3.05, 3.63) is 35.9 Å². The van der Waals surface area contributed by atoms with Crippen molar-refractivity contribution < 1.29 is 14.3 Å². The van der Waals surface area contributed by atoms with Crippen LogP contribution in [0.15, 0.2) is 30.3 Å². The first-order chi connectivity index (χ1) is 10.8. The summed E-state index contributed by atoms with van der Waals surface area (Å²) in [5.41, 5.74) is 0.653. The predicted molar refractivity (Wildman–Crippen MR) is 91.0 cm³/mol. The van der Waals surface area contributed by atoms with Gasteiger partial charge in [0.05, 0.1) is 0 Å². The third-order valence-corrected chi connectivity index (χ3v) is 6.17. The molecule has 1 aliphatic rings. The highest BCUT2D eigenvalue weighted by Crippen LogP contribution is 2.56. The summed E-state index contributed by atoms with van der Waals surface area (Å²) in [4.78, 5) is 24.5. The second-order valence-electron chi connectivity index (χ2n) is 7.56. The van der Waals surface area contributed by atoms with Gasteiger partial charge < -0.3 is 4.74 Å². The van der Waals surface area contributed by atoms with E-state index in [0.717, 1.165) is 18.4 Å². The van der Waals surface area contributed by atoms with Crippen molar-refractivity contribution in [1.29, 1.82) is 0 Å². The zero-order valence-electron chi connectivity index (χ0n) is 14.7. The average molecular weight is 316 g/mol. The van der Waals surface area contributed by atoms with Gasteiger partial charge in [0.25, 0.3) is 0 Å². The zero-order valence-corrected chi connectivity index (χ0v) is 14.7. The molecule has 0 bridgehead atoms. The van der Waals surface area contributed by atoms with E-state index in [1.54, 1.807) is 0 Å². The smallest absolute Gasteiger partial charge is 0.306 e. The molecular weight excluding hydrogens is 288 g/mol. The lowest BCUT2D eigenvalue weighted by atomic mass is 9.64. The van der Waals surface area contributed by atoms with Gasteiger partial charge in [0.2, 0.25) is 0 Å². The molecule has 0 saturated heterocycles. The Balaban J connectivity index is 1.83. The molecule has 0 unspecified atom stereocenters. The first kappa shape index (κ1) is 17.7. The fourth-order valence-electron chi connectivity index (χ4n) is 3.50. The number of hydrogen-bond donors (Lipinski definition) is 0. The van der Waals surface area contributed by atoms with Gasteiger partial charge in [-0.05, 0) is 36.2 Å². The molecule has 2 atom stereocenters. The summed E-state index contributed by atoms with van der Waals surface area (Å²) in [7, 11) is 0. The summed E-state index contributed by atoms with van der Waals surface area (Å²) < 4.78 is 5.24. The van der Waals surface area contributed by atoms with E-state index in [2.05, 4.69) is 20.8 Å². The fraction of sp³-hybridized carbons (Fsp3) is 0.600. The second kappa shape index (κ2) is 6.86. The molecule has 0 aromatic heterocycles. The molecule has 3 heteroatoms. The van der Waals surface area contributed by atoms with E-state index in [-0.39, 0.29) is 23.8 Å². The van der Waals surface area contributed by atoms with E-state index in [0.29, 0.717) is 18.8 Å². The van der Waals surface area contributed by atoms with Crippen LogP contribution in [0.1, 0.15) is 52.5 Å². The van der Waals surface area contributed by atoms with E-state index in [9.17, 15) is 9.59 Å². The van der Waals surface area contributed by atoms with Crippen LogP contribution in [-0.2, 0) is 20.7 Å².